The number of benzene rings is 4. The number of nitro benzene ring substituents is 1. The molecule has 18 heteroatoms. The molecule has 6 N–H and O–H groups in total. The summed E-state index contributed by atoms with van der Waals surface area (Å²) in [5, 5.41) is 20.7. The maximum atomic E-state index is 12.7. The van der Waals surface area contributed by atoms with Crippen molar-refractivity contribution in [2.45, 2.75) is 26.2 Å². The van der Waals surface area contributed by atoms with Crippen LogP contribution in [0.3, 0.4) is 0 Å². The van der Waals surface area contributed by atoms with Crippen molar-refractivity contribution >= 4 is 57.8 Å². The molecule has 262 valence electrons. The molecule has 0 unspecified atom stereocenters. The number of nitrogen functional groups attached to an aromatic ring is 1. The van der Waals surface area contributed by atoms with Crippen LogP contribution in [-0.4, -0.2) is 28.6 Å². The van der Waals surface area contributed by atoms with Crippen molar-refractivity contribution in [1.29, 1.82) is 0 Å². The Morgan fingerprint density at radius 2 is 0.980 bits per heavy atom. The van der Waals surface area contributed by atoms with Gasteiger partial charge in [0.25, 0.3) is 17.5 Å². The zero-order valence-corrected chi connectivity index (χ0v) is 25.8. The lowest BCUT2D eigenvalue weighted by molar-refractivity contribution is -0.384. The van der Waals surface area contributed by atoms with E-state index in [0.717, 1.165) is 24.3 Å². The Morgan fingerprint density at radius 3 is 1.34 bits per heavy atom. The van der Waals surface area contributed by atoms with Crippen LogP contribution in [-0.2, 0) is 21.9 Å². The molecule has 0 spiro atoms. The quantitative estimate of drug-likeness (QED) is 0.0577. The monoisotopic (exact) mass is 704 g/mol. The minimum absolute atomic E-state index is 0.0823. The molecule has 0 radical (unpaired) electrons. The van der Waals surface area contributed by atoms with E-state index in [9.17, 15) is 55.6 Å². The van der Waals surface area contributed by atoms with Crippen LogP contribution in [0.2, 0.25) is 0 Å². The molecular weight excluding hydrogens is 678 g/mol. The van der Waals surface area contributed by atoms with Crippen LogP contribution in [0.15, 0.2) is 84.9 Å². The van der Waals surface area contributed by atoms with Crippen molar-refractivity contribution in [1.82, 2.24) is 0 Å². The number of nitro groups is 1. The van der Waals surface area contributed by atoms with E-state index < -0.39 is 45.9 Å². The van der Waals surface area contributed by atoms with Gasteiger partial charge in [-0.15, -0.1) is 0 Å². The molecule has 0 aromatic heterocycles. The first-order chi connectivity index (χ1) is 23.2. The molecule has 4 amide bonds. The van der Waals surface area contributed by atoms with Gasteiger partial charge in [-0.2, -0.15) is 26.3 Å². The highest BCUT2D eigenvalue weighted by atomic mass is 19.4. The Balaban J connectivity index is 0.000000271. The highest BCUT2D eigenvalue weighted by molar-refractivity contribution is 6.06. The molecule has 4 aromatic rings. The molecular formula is C32H26F6N6O6. The zero-order chi connectivity index (χ0) is 37.4. The van der Waals surface area contributed by atoms with E-state index in [-0.39, 0.29) is 40.0 Å². The summed E-state index contributed by atoms with van der Waals surface area (Å²) in [4.78, 5) is 56.1. The lowest BCUT2D eigenvalue weighted by Crippen LogP contribution is -2.14. The summed E-state index contributed by atoms with van der Waals surface area (Å²) in [6.45, 7) is 2.67. The second-order valence-electron chi connectivity index (χ2n) is 10.2. The molecule has 0 atom stereocenters. The summed E-state index contributed by atoms with van der Waals surface area (Å²) in [6.07, 6.45) is -9.25. The Morgan fingerprint density at radius 1 is 0.600 bits per heavy atom. The number of rotatable bonds is 7. The van der Waals surface area contributed by atoms with Gasteiger partial charge in [0.05, 0.1) is 27.4 Å². The Hall–Kier alpha value is -6.46. The van der Waals surface area contributed by atoms with E-state index in [2.05, 4.69) is 21.3 Å². The van der Waals surface area contributed by atoms with E-state index in [1.807, 2.05) is 0 Å². The average molecular weight is 705 g/mol. The highest BCUT2D eigenvalue weighted by Gasteiger charge is 2.33. The van der Waals surface area contributed by atoms with E-state index in [1.54, 1.807) is 0 Å². The van der Waals surface area contributed by atoms with Crippen LogP contribution in [0.4, 0.5) is 60.5 Å². The number of carbonyl (C=O) groups excluding carboxylic acids is 4. The number of anilines is 5. The van der Waals surface area contributed by atoms with Crippen molar-refractivity contribution in [3.05, 3.63) is 117 Å². The average Bonchev–Trinajstić information content (AvgIpc) is 3.01. The number of carbonyl (C=O) groups is 4. The number of alkyl halides is 6. The number of nitrogens with one attached hydrogen (secondary N) is 4. The second-order valence-corrected chi connectivity index (χ2v) is 10.2. The van der Waals surface area contributed by atoms with Gasteiger partial charge < -0.3 is 27.0 Å². The third kappa shape index (κ3) is 10.8. The normalized spacial score (nSPS) is 11.0. The van der Waals surface area contributed by atoms with E-state index in [1.165, 1.54) is 62.4 Å². The van der Waals surface area contributed by atoms with Crippen molar-refractivity contribution in [2.75, 3.05) is 27.0 Å². The number of amides is 4. The summed E-state index contributed by atoms with van der Waals surface area (Å²) in [6, 6.07) is 16.1. The number of nitrogens with zero attached hydrogens (tertiary/aromatic N) is 1. The van der Waals surface area contributed by atoms with Gasteiger partial charge in [-0.05, 0) is 78.9 Å². The summed E-state index contributed by atoms with van der Waals surface area (Å²) in [7, 11) is 0. The van der Waals surface area contributed by atoms with Crippen molar-refractivity contribution in [2.24, 2.45) is 0 Å². The third-order valence-corrected chi connectivity index (χ3v) is 6.33. The molecule has 4 rings (SSSR count). The first-order valence-corrected chi connectivity index (χ1v) is 13.9. The third-order valence-electron chi connectivity index (χ3n) is 6.33. The SMILES string of the molecule is CC(=O)Nc1ccc(C(=O)Nc2ccc(C(F)(F)F)cc2N)cc1.CC(=O)Nc1ccc(C(=O)Nc2ccc(C(F)(F)F)cc2[N+](=O)[O-])cc1. The van der Waals surface area contributed by atoms with Crippen LogP contribution in [0.5, 0.6) is 0 Å². The maximum absolute atomic E-state index is 12.7. The van der Waals surface area contributed by atoms with Crippen LogP contribution in [0.25, 0.3) is 0 Å². The Bertz CT molecular complexity index is 1910. The number of hydrogen-bond donors (Lipinski definition) is 5. The molecule has 50 heavy (non-hydrogen) atoms. The predicted octanol–water partition coefficient (Wildman–Crippen LogP) is 7.32. The molecule has 0 heterocycles. The number of hydrogen-bond acceptors (Lipinski definition) is 7. The van der Waals surface area contributed by atoms with E-state index in [0.29, 0.717) is 23.5 Å². The first-order valence-electron chi connectivity index (χ1n) is 13.9. The summed E-state index contributed by atoms with van der Waals surface area (Å²) < 4.78 is 75.8. The molecule has 0 aliphatic rings. The fraction of sp³-hybridized carbons (Fsp3) is 0.125. The molecule has 0 aliphatic heterocycles. The lowest BCUT2D eigenvalue weighted by Gasteiger charge is -2.12. The van der Waals surface area contributed by atoms with Crippen LogP contribution in [0.1, 0.15) is 45.7 Å². The Labute approximate surface area is 278 Å². The maximum Gasteiger partial charge on any atom is 0.416 e. The fourth-order valence-corrected chi connectivity index (χ4v) is 4.02. The van der Waals surface area contributed by atoms with Crippen LogP contribution < -0.4 is 27.0 Å². The number of nitrogens with two attached hydrogens (primary N) is 1. The van der Waals surface area contributed by atoms with Crippen molar-refractivity contribution in [3.8, 4) is 0 Å². The smallest absolute Gasteiger partial charge is 0.397 e. The lowest BCUT2D eigenvalue weighted by atomic mass is 10.1. The minimum Gasteiger partial charge on any atom is -0.397 e. The standard InChI is InChI=1S/C16H12F3N3O4.C16H14F3N3O2/c1-9(23)20-12-5-2-10(3-6-12)15(24)21-13-7-4-11(16(17,18)19)8-14(13)22(25)26;1-9(23)21-12-5-2-10(3-6-12)15(24)22-14-7-4-11(8-13(14)20)16(17,18)19/h2-8H,1H3,(H,20,23)(H,21,24);2-8H,20H2,1H3,(H,21,23)(H,22,24). The van der Waals surface area contributed by atoms with Gasteiger partial charge in [-0.25, -0.2) is 0 Å². The molecule has 0 saturated heterocycles. The topological polar surface area (TPSA) is 186 Å². The predicted molar refractivity (Wildman–Crippen MR) is 171 cm³/mol. The van der Waals surface area contributed by atoms with E-state index in [4.69, 9.17) is 5.73 Å². The van der Waals surface area contributed by atoms with Crippen LogP contribution in [0, 0.1) is 10.1 Å². The Kier molecular flexibility index (Phi) is 11.9. The number of halogens is 6. The minimum atomic E-state index is -4.74. The fourth-order valence-electron chi connectivity index (χ4n) is 4.02. The molecule has 12 nitrogen and oxygen atoms in total. The van der Waals surface area contributed by atoms with Gasteiger partial charge in [0.2, 0.25) is 11.8 Å². The van der Waals surface area contributed by atoms with Crippen molar-refractivity contribution < 1.29 is 50.4 Å². The van der Waals surface area contributed by atoms with Crippen molar-refractivity contribution in [3.63, 3.8) is 0 Å². The largest absolute Gasteiger partial charge is 0.416 e. The van der Waals surface area contributed by atoms with Gasteiger partial charge in [-0.1, -0.05) is 0 Å². The van der Waals surface area contributed by atoms with Gasteiger partial charge in [-0.3, -0.25) is 29.3 Å². The van der Waals surface area contributed by atoms with Gasteiger partial charge in [0, 0.05) is 42.4 Å². The molecule has 4 aromatic carbocycles. The van der Waals surface area contributed by atoms with Gasteiger partial charge in [0.1, 0.15) is 5.69 Å². The summed E-state index contributed by atoms with van der Waals surface area (Å²) >= 11 is 0. The summed E-state index contributed by atoms with van der Waals surface area (Å²) in [5.41, 5.74) is 3.47. The molecule has 0 fully saturated rings. The van der Waals surface area contributed by atoms with Gasteiger partial charge in [0.15, 0.2) is 0 Å². The highest BCUT2D eigenvalue weighted by Crippen LogP contribution is 2.35. The zero-order valence-electron chi connectivity index (χ0n) is 25.8. The van der Waals surface area contributed by atoms with E-state index >= 15 is 0 Å². The molecule has 0 saturated carbocycles. The first kappa shape index (κ1) is 38.0. The van der Waals surface area contributed by atoms with Gasteiger partial charge >= 0.3 is 12.4 Å². The van der Waals surface area contributed by atoms with Crippen LogP contribution >= 0.6 is 0 Å². The molecule has 0 aliphatic carbocycles. The second kappa shape index (κ2) is 15.6. The summed E-state index contributed by atoms with van der Waals surface area (Å²) in [5.74, 6) is -1.83. The molecule has 0 bridgehead atoms.